The molecule has 16 rings (SSSR count). The Hall–Kier alpha value is -11.6. The summed E-state index contributed by atoms with van der Waals surface area (Å²) in [6.45, 7) is 6.33. The Kier molecular flexibility index (Phi) is 23.5. The lowest BCUT2D eigenvalue weighted by atomic mass is 9.88. The molecule has 0 bridgehead atoms. The van der Waals surface area contributed by atoms with Crippen molar-refractivity contribution in [2.24, 2.45) is 11.8 Å². The molecule has 0 radical (unpaired) electrons. The Morgan fingerprint density at radius 3 is 1.16 bits per heavy atom. The average Bonchev–Trinajstić information content (AvgIpc) is 1.58. The molecule has 6 atom stereocenters. The molecule has 10 aromatic rings. The number of carbonyl (C=O) groups excluding carboxylic acids is 8. The predicted octanol–water partition coefficient (Wildman–Crippen LogP) is 14.2. The van der Waals surface area contributed by atoms with Crippen LogP contribution in [0.15, 0.2) is 182 Å². The molecule has 24 nitrogen and oxygen atoms in total. The number of amides is 10. The highest BCUT2D eigenvalue weighted by Gasteiger charge is 2.45. The summed E-state index contributed by atoms with van der Waals surface area (Å²) in [4.78, 5) is 145. The van der Waals surface area contributed by atoms with E-state index in [0.29, 0.717) is 104 Å². The van der Waals surface area contributed by atoms with Crippen molar-refractivity contribution in [3.8, 4) is 44.8 Å². The third kappa shape index (κ3) is 16.1. The lowest BCUT2D eigenvalue weighted by molar-refractivity contribution is -0.140. The molecule has 6 aliphatic rings. The van der Waals surface area contributed by atoms with E-state index in [1.165, 1.54) is 46.6 Å². The number of likely N-dealkylation sites (N-methyl/N-ethyl adjacent to an activating group) is 2. The SMILES string of the molecule is C[C@@H](C(=O)N[C@H](C(=O)N1CCC[C@H]1c1nc2c(-c3ccccc3)nccc2s1)C1CCN(C(=O)NCCCCNC(=O)N2CCC([C@H](NC(=O)[C@H](C)N(C)C(=O)OCC3c4ccccc4-c4ccccc43)C(=O)N3CCC[C@H]3c3nc4c(-c5ccccc5)nccc4s3)CC2)CC1)N(C)C(=O)OCC1c2ccccc2-c2ccccc21. The molecule has 116 heavy (non-hydrogen) atoms. The van der Waals surface area contributed by atoms with Gasteiger partial charge in [0, 0.05) is 102 Å². The number of hydrogen-bond acceptors (Lipinski definition) is 16. The van der Waals surface area contributed by atoms with Crippen molar-refractivity contribution in [1.29, 1.82) is 0 Å². The molecule has 4 aliphatic heterocycles. The van der Waals surface area contributed by atoms with Crippen LogP contribution in [-0.2, 0) is 28.7 Å². The van der Waals surface area contributed by atoms with Gasteiger partial charge in [-0.2, -0.15) is 0 Å². The molecule has 4 saturated heterocycles. The van der Waals surface area contributed by atoms with Crippen LogP contribution in [0.25, 0.3) is 65.2 Å². The van der Waals surface area contributed by atoms with E-state index in [0.717, 1.165) is 110 Å². The maximum atomic E-state index is 15.4. The molecule has 2 aliphatic carbocycles. The number of ether oxygens (including phenoxy) is 2. The fraction of sp³-hybridized carbons (Fsp3) is 0.378. The lowest BCUT2D eigenvalue weighted by Crippen LogP contribution is -2.58. The molecule has 0 spiro atoms. The van der Waals surface area contributed by atoms with Crippen LogP contribution in [0.1, 0.15) is 134 Å². The van der Waals surface area contributed by atoms with E-state index in [-0.39, 0.29) is 72.8 Å². The number of aromatic nitrogens is 4. The minimum absolute atomic E-state index is 0.0753. The molecule has 4 N–H and O–H groups in total. The number of thiazole rings is 2. The maximum absolute atomic E-state index is 15.4. The number of nitrogens with zero attached hydrogens (tertiary/aromatic N) is 10. The van der Waals surface area contributed by atoms with Gasteiger partial charge in [0.1, 0.15) is 58.4 Å². The molecule has 598 valence electrons. The number of likely N-dealkylation sites (tertiary alicyclic amines) is 4. The summed E-state index contributed by atoms with van der Waals surface area (Å²) in [6.07, 6.45) is 7.88. The van der Waals surface area contributed by atoms with Crippen LogP contribution in [0.5, 0.6) is 0 Å². The predicted molar refractivity (Wildman–Crippen MR) is 446 cm³/mol. The van der Waals surface area contributed by atoms with Gasteiger partial charge in [0.05, 0.1) is 32.9 Å². The van der Waals surface area contributed by atoms with Gasteiger partial charge in [-0.05, 0) is 147 Å². The number of pyridine rings is 2. The summed E-state index contributed by atoms with van der Waals surface area (Å²) in [5.74, 6) is -2.57. The Bertz CT molecular complexity index is 4890. The van der Waals surface area contributed by atoms with Crippen molar-refractivity contribution in [1.82, 2.24) is 70.6 Å². The van der Waals surface area contributed by atoms with E-state index in [1.807, 2.05) is 131 Å². The van der Waals surface area contributed by atoms with Gasteiger partial charge in [-0.3, -0.25) is 38.9 Å². The third-order valence-electron chi connectivity index (χ3n) is 24.4. The standard InChI is InChI=1S/C90H96N14O10S2/c1-55(99(3)89(111)113-53-69-65-31-15-11-27-61(65)62-28-12-16-32-66(62)69)81(105)95-77(85(107)103-47-21-35-71(103)83-97-79-73(115-83)37-45-91-75(79)57-23-7-5-8-24-57)59-39-49-101(50-40-59)87(109)93-43-19-20-44-94-88(110)102-51-41-60(42-52-102)78(86(108)104-48-22-36-72(104)84-98-80-74(116-84)38-46-92-76(80)58-25-9-6-10-26-58)96-82(106)56(2)100(4)90(112)114-54-70-67-33-17-13-29-63(67)64-30-14-18-34-68(64)70/h5-18,23-34,37-38,45-46,55-56,59-60,69-72,77-78H,19-22,35-36,39-44,47-54H2,1-4H3,(H,93,109)(H,94,110)(H,95,105)(H,96,106)/t55-,56-,71-,72-,77-,78-/m0/s1. The van der Waals surface area contributed by atoms with Crippen molar-refractivity contribution in [2.75, 3.05) is 79.7 Å². The molecule has 10 amide bonds. The Morgan fingerprint density at radius 1 is 0.448 bits per heavy atom. The van der Waals surface area contributed by atoms with Crippen molar-refractivity contribution >= 4 is 91.0 Å². The van der Waals surface area contributed by atoms with E-state index in [4.69, 9.17) is 29.4 Å². The van der Waals surface area contributed by atoms with Gasteiger partial charge in [0.15, 0.2) is 0 Å². The number of fused-ring (bicyclic) bond motifs is 8. The number of urea groups is 2. The van der Waals surface area contributed by atoms with Crippen LogP contribution in [0.3, 0.4) is 0 Å². The number of nitrogens with one attached hydrogen (secondary N) is 4. The topological polar surface area (TPSA) is 274 Å². The largest absolute Gasteiger partial charge is 0.448 e. The van der Waals surface area contributed by atoms with Gasteiger partial charge in [-0.1, -0.05) is 158 Å². The zero-order chi connectivity index (χ0) is 80.1. The van der Waals surface area contributed by atoms with Crippen LogP contribution < -0.4 is 21.3 Å². The van der Waals surface area contributed by atoms with E-state index < -0.39 is 48.2 Å². The molecule has 8 heterocycles. The number of rotatable bonds is 23. The fourth-order valence-electron chi connectivity index (χ4n) is 17.7. The number of piperidine rings is 2. The first-order valence-electron chi connectivity index (χ1n) is 40.6. The van der Waals surface area contributed by atoms with Crippen LogP contribution >= 0.6 is 22.7 Å². The monoisotopic (exact) mass is 1600 g/mol. The summed E-state index contributed by atoms with van der Waals surface area (Å²) in [5.41, 5.74) is 13.6. The maximum Gasteiger partial charge on any atom is 0.410 e. The molecule has 4 fully saturated rings. The van der Waals surface area contributed by atoms with Crippen LogP contribution in [-0.4, -0.2) is 201 Å². The Morgan fingerprint density at radius 2 is 0.793 bits per heavy atom. The summed E-state index contributed by atoms with van der Waals surface area (Å²) in [5, 5.41) is 14.0. The summed E-state index contributed by atoms with van der Waals surface area (Å²) in [7, 11) is 3.06. The lowest BCUT2D eigenvalue weighted by Gasteiger charge is -2.38. The second kappa shape index (κ2) is 34.8. The van der Waals surface area contributed by atoms with Crippen LogP contribution in [0.4, 0.5) is 19.2 Å². The van der Waals surface area contributed by atoms with Crippen LogP contribution in [0.2, 0.25) is 0 Å². The van der Waals surface area contributed by atoms with Gasteiger partial charge >= 0.3 is 24.2 Å². The molecule has 4 aromatic heterocycles. The first-order chi connectivity index (χ1) is 56.5. The van der Waals surface area contributed by atoms with Crippen molar-refractivity contribution in [2.45, 2.75) is 126 Å². The minimum Gasteiger partial charge on any atom is -0.448 e. The highest BCUT2D eigenvalue weighted by atomic mass is 32.1. The van der Waals surface area contributed by atoms with Crippen molar-refractivity contribution < 1.29 is 47.8 Å². The summed E-state index contributed by atoms with van der Waals surface area (Å²) < 4.78 is 13.9. The van der Waals surface area contributed by atoms with Crippen LogP contribution in [0, 0.1) is 11.8 Å². The third-order valence-corrected chi connectivity index (χ3v) is 26.7. The summed E-state index contributed by atoms with van der Waals surface area (Å²) in [6, 6.07) is 50.9. The number of unbranched alkanes of at least 4 members (excludes halogenated alkanes) is 1. The normalized spacial score (nSPS) is 17.8. The number of benzene rings is 6. The first kappa shape index (κ1) is 78.3. The van der Waals surface area contributed by atoms with Gasteiger partial charge in [-0.15, -0.1) is 22.7 Å². The van der Waals surface area contributed by atoms with E-state index >= 15 is 9.59 Å². The van der Waals surface area contributed by atoms with E-state index in [1.54, 1.807) is 36.0 Å². The zero-order valence-electron chi connectivity index (χ0n) is 65.6. The fourth-order valence-corrected chi connectivity index (χ4v) is 19.9. The molecular weight excluding hydrogens is 1500 g/mol. The number of carbonyl (C=O) groups is 8. The summed E-state index contributed by atoms with van der Waals surface area (Å²) >= 11 is 3.08. The van der Waals surface area contributed by atoms with E-state index in [9.17, 15) is 28.8 Å². The van der Waals surface area contributed by atoms with Crippen molar-refractivity contribution in [3.05, 3.63) is 215 Å². The Balaban J connectivity index is 0.528. The van der Waals surface area contributed by atoms with Gasteiger partial charge in [0.2, 0.25) is 23.6 Å². The zero-order valence-corrected chi connectivity index (χ0v) is 67.2. The first-order valence-corrected chi connectivity index (χ1v) is 42.2. The smallest absolute Gasteiger partial charge is 0.410 e. The highest BCUT2D eigenvalue weighted by Crippen LogP contribution is 2.48. The minimum atomic E-state index is -1.02. The number of hydrogen-bond donors (Lipinski definition) is 4. The van der Waals surface area contributed by atoms with Crippen molar-refractivity contribution in [3.63, 3.8) is 0 Å². The Labute approximate surface area is 682 Å². The highest BCUT2D eigenvalue weighted by molar-refractivity contribution is 7.19. The second-order valence-electron chi connectivity index (χ2n) is 31.2. The molecule has 0 unspecified atom stereocenters. The molecule has 6 aromatic carbocycles. The molecular formula is C90H96N14O10S2. The second-order valence-corrected chi connectivity index (χ2v) is 33.3. The molecule has 26 heteroatoms. The van der Waals surface area contributed by atoms with Gasteiger partial charge < -0.3 is 50.3 Å². The van der Waals surface area contributed by atoms with Gasteiger partial charge in [0.25, 0.3) is 0 Å². The van der Waals surface area contributed by atoms with E-state index in [2.05, 4.69) is 69.8 Å². The quantitative estimate of drug-likeness (QED) is 0.0434. The average molecular weight is 1600 g/mol. The molecule has 0 saturated carbocycles. The van der Waals surface area contributed by atoms with Gasteiger partial charge in [-0.25, -0.2) is 29.1 Å².